The lowest BCUT2D eigenvalue weighted by molar-refractivity contribution is -0.150. The van der Waals surface area contributed by atoms with Crippen LogP contribution in [0.15, 0.2) is 29.8 Å². The summed E-state index contributed by atoms with van der Waals surface area (Å²) in [5.74, 6) is -0.351. The Morgan fingerprint density at radius 1 is 1.45 bits per heavy atom. The van der Waals surface area contributed by atoms with Gasteiger partial charge in [0.05, 0.1) is 5.69 Å². The molecule has 0 aromatic carbocycles. The van der Waals surface area contributed by atoms with Crippen molar-refractivity contribution in [2.75, 3.05) is 0 Å². The van der Waals surface area contributed by atoms with Crippen LogP contribution in [-0.4, -0.2) is 21.8 Å². The largest absolute Gasteiger partial charge is 0.441 e. The molecule has 7 heteroatoms. The van der Waals surface area contributed by atoms with Gasteiger partial charge in [-0.05, 0) is 35.6 Å². The summed E-state index contributed by atoms with van der Waals surface area (Å²) in [6.07, 6.45) is 5.68. The van der Waals surface area contributed by atoms with Crippen molar-refractivity contribution >= 4 is 41.9 Å². The zero-order valence-corrected chi connectivity index (χ0v) is 14.1. The van der Waals surface area contributed by atoms with E-state index >= 15 is 0 Å². The summed E-state index contributed by atoms with van der Waals surface area (Å²) in [4.78, 5) is 12.8. The van der Waals surface area contributed by atoms with Crippen LogP contribution in [0.2, 0.25) is 0 Å². The molecular weight excluding hydrogens is 322 g/mol. The van der Waals surface area contributed by atoms with Gasteiger partial charge in [0.2, 0.25) is 0 Å². The monoisotopic (exact) mass is 341 g/mol. The van der Waals surface area contributed by atoms with Crippen LogP contribution in [0, 0.1) is 5.92 Å². The summed E-state index contributed by atoms with van der Waals surface area (Å²) in [7, 11) is 0. The molecule has 0 aliphatic heterocycles. The minimum Gasteiger partial charge on any atom is -0.441 e. The van der Waals surface area contributed by atoms with Crippen molar-refractivity contribution in [3.05, 3.63) is 40.3 Å². The van der Waals surface area contributed by atoms with Gasteiger partial charge in [0, 0.05) is 11.1 Å². The molecule has 0 unspecified atom stereocenters. The number of ether oxygens (including phenoxy) is 1. The molecule has 0 bridgehead atoms. The van der Waals surface area contributed by atoms with Crippen molar-refractivity contribution in [3.8, 4) is 0 Å². The number of carbonyl (C=O) groups excluding carboxylic acids is 1. The van der Waals surface area contributed by atoms with Crippen LogP contribution in [0.1, 0.15) is 24.4 Å². The van der Waals surface area contributed by atoms with E-state index in [-0.39, 0.29) is 25.1 Å². The van der Waals surface area contributed by atoms with Crippen LogP contribution < -0.4 is 5.73 Å². The third-order valence-corrected chi connectivity index (χ3v) is 3.79. The summed E-state index contributed by atoms with van der Waals surface area (Å²) in [6.45, 7) is 3.84. The second-order valence-corrected chi connectivity index (χ2v) is 5.97. The third-order valence-electron chi connectivity index (χ3n) is 2.95. The number of nitrogens with two attached hydrogens (primary N) is 1. The smallest absolute Gasteiger partial charge is 0.324 e. The molecule has 0 aliphatic carbocycles. The average Bonchev–Trinajstić information content (AvgIpc) is 3.12. The zero-order chi connectivity index (χ0) is 15.2. The van der Waals surface area contributed by atoms with Gasteiger partial charge in [0.25, 0.3) is 0 Å². The molecule has 2 rings (SSSR count). The first-order valence-corrected chi connectivity index (χ1v) is 7.61. The summed E-state index contributed by atoms with van der Waals surface area (Å²) in [5, 5.41) is 6.33. The fourth-order valence-corrected chi connectivity index (χ4v) is 2.21. The molecule has 1 atom stereocenters. The highest BCUT2D eigenvalue weighted by Crippen LogP contribution is 2.12. The van der Waals surface area contributed by atoms with Gasteiger partial charge in [-0.3, -0.25) is 4.79 Å². The summed E-state index contributed by atoms with van der Waals surface area (Å²) in [5.41, 5.74) is 6.53. The molecule has 0 amide bonds. The highest BCUT2D eigenvalue weighted by Gasteiger charge is 2.18. The molecule has 2 aromatic heterocycles. The molecular formula is C15H20ClN3O2S. The number of nitrogens with zero attached hydrogens (tertiary/aromatic N) is 2. The van der Waals surface area contributed by atoms with Crippen molar-refractivity contribution in [2.45, 2.75) is 26.6 Å². The fraction of sp³-hybridized carbons (Fsp3) is 0.333. The van der Waals surface area contributed by atoms with E-state index in [9.17, 15) is 4.79 Å². The molecule has 5 nitrogen and oxygen atoms in total. The number of carbonyl (C=O) groups is 1. The number of aromatic nitrogens is 2. The Hall–Kier alpha value is -1.63. The maximum Gasteiger partial charge on any atom is 0.324 e. The quantitative estimate of drug-likeness (QED) is 0.820. The topological polar surface area (TPSA) is 70.1 Å². The third kappa shape index (κ3) is 5.29. The number of thiophene rings is 1. The van der Waals surface area contributed by atoms with Crippen molar-refractivity contribution in [1.29, 1.82) is 0 Å². The molecule has 0 saturated carbocycles. The normalized spacial score (nSPS) is 12.4. The lowest BCUT2D eigenvalue weighted by Crippen LogP contribution is -2.37. The summed E-state index contributed by atoms with van der Waals surface area (Å²) >= 11 is 1.66. The first-order chi connectivity index (χ1) is 10.1. The lowest BCUT2D eigenvalue weighted by Gasteiger charge is -2.14. The van der Waals surface area contributed by atoms with Crippen molar-refractivity contribution in [1.82, 2.24) is 9.78 Å². The predicted octanol–water partition coefficient (Wildman–Crippen LogP) is 3.02. The van der Waals surface area contributed by atoms with E-state index in [4.69, 9.17) is 10.5 Å². The minimum atomic E-state index is -0.598. The molecule has 2 heterocycles. The summed E-state index contributed by atoms with van der Waals surface area (Å²) < 4.78 is 6.70. The van der Waals surface area contributed by atoms with Crippen molar-refractivity contribution in [2.24, 2.45) is 11.7 Å². The van der Waals surface area contributed by atoms with E-state index in [1.165, 1.54) is 4.88 Å². The Labute approximate surface area is 140 Å². The first kappa shape index (κ1) is 18.4. The van der Waals surface area contributed by atoms with Crippen LogP contribution in [0.4, 0.5) is 0 Å². The van der Waals surface area contributed by atoms with E-state index in [0.717, 1.165) is 5.69 Å². The Balaban J connectivity index is 0.00000242. The van der Waals surface area contributed by atoms with E-state index < -0.39 is 12.0 Å². The molecule has 2 aromatic rings. The van der Waals surface area contributed by atoms with Gasteiger partial charge in [-0.25, -0.2) is 4.68 Å². The zero-order valence-electron chi connectivity index (χ0n) is 12.5. The number of halogens is 1. The van der Waals surface area contributed by atoms with E-state index in [2.05, 4.69) is 5.10 Å². The van der Waals surface area contributed by atoms with Gasteiger partial charge < -0.3 is 10.5 Å². The second-order valence-electron chi connectivity index (χ2n) is 4.99. The molecule has 0 saturated heterocycles. The maximum atomic E-state index is 11.6. The minimum absolute atomic E-state index is 0. The summed E-state index contributed by atoms with van der Waals surface area (Å²) in [6, 6.07) is 5.30. The van der Waals surface area contributed by atoms with Gasteiger partial charge in [0.15, 0.2) is 6.73 Å². The van der Waals surface area contributed by atoms with E-state index in [0.29, 0.717) is 0 Å². The Morgan fingerprint density at radius 3 is 2.86 bits per heavy atom. The second kappa shape index (κ2) is 8.73. The standard InChI is InChI=1S/C15H19N3O2S.ClH/c1-11(2)14(16)15(19)20-10-18-8-7-12(17-18)5-6-13-4-3-9-21-13;/h3-9,11,14H,10,16H2,1-2H3;1H/b6-5+;/t14-;/m1./s1. The molecule has 2 N–H and O–H groups in total. The van der Waals surface area contributed by atoms with Crippen molar-refractivity contribution in [3.63, 3.8) is 0 Å². The number of hydrogen-bond donors (Lipinski definition) is 1. The van der Waals surface area contributed by atoms with E-state index in [1.54, 1.807) is 22.2 Å². The highest BCUT2D eigenvalue weighted by atomic mass is 35.5. The van der Waals surface area contributed by atoms with Gasteiger partial charge >= 0.3 is 5.97 Å². The van der Waals surface area contributed by atoms with E-state index in [1.807, 2.05) is 49.6 Å². The molecule has 0 radical (unpaired) electrons. The molecule has 22 heavy (non-hydrogen) atoms. The van der Waals surface area contributed by atoms with Crippen molar-refractivity contribution < 1.29 is 9.53 Å². The van der Waals surface area contributed by atoms with Gasteiger partial charge in [-0.2, -0.15) is 5.10 Å². The van der Waals surface area contributed by atoms with Gasteiger partial charge in [-0.15, -0.1) is 23.7 Å². The Morgan fingerprint density at radius 2 is 2.23 bits per heavy atom. The molecule has 0 fully saturated rings. The molecule has 0 aliphatic rings. The lowest BCUT2D eigenvalue weighted by atomic mass is 10.1. The van der Waals surface area contributed by atoms with Gasteiger partial charge in [0.1, 0.15) is 6.04 Å². The molecule has 0 spiro atoms. The fourth-order valence-electron chi connectivity index (χ4n) is 1.59. The van der Waals surface area contributed by atoms with Crippen LogP contribution in [0.3, 0.4) is 0 Å². The average molecular weight is 342 g/mol. The number of esters is 1. The van der Waals surface area contributed by atoms with Crippen LogP contribution in [0.5, 0.6) is 0 Å². The number of hydrogen-bond acceptors (Lipinski definition) is 5. The van der Waals surface area contributed by atoms with Crippen LogP contribution in [-0.2, 0) is 16.3 Å². The first-order valence-electron chi connectivity index (χ1n) is 6.73. The maximum absolute atomic E-state index is 11.6. The highest BCUT2D eigenvalue weighted by molar-refractivity contribution is 7.10. The molecule has 120 valence electrons. The Kier molecular flexibility index (Phi) is 7.31. The van der Waals surface area contributed by atoms with Crippen LogP contribution >= 0.6 is 23.7 Å². The SMILES string of the molecule is CC(C)[C@@H](N)C(=O)OCn1ccc(/C=C/c2cccs2)n1.Cl. The van der Waals surface area contributed by atoms with Crippen LogP contribution in [0.25, 0.3) is 12.2 Å². The predicted molar refractivity (Wildman–Crippen MR) is 91.6 cm³/mol. The number of rotatable bonds is 6. The Bertz CT molecular complexity index is 608. The van der Waals surface area contributed by atoms with Gasteiger partial charge in [-0.1, -0.05) is 19.9 Å².